The maximum Gasteiger partial charge on any atom is 0.331 e. The molecule has 6 atom stereocenters. The van der Waals surface area contributed by atoms with Crippen LogP contribution in [0.1, 0.15) is 36.4 Å². The van der Waals surface area contributed by atoms with Crippen molar-refractivity contribution in [2.75, 3.05) is 6.54 Å². The number of hydrogen-bond donors (Lipinski definition) is 1. The Balaban J connectivity index is 1.44. The Hall–Kier alpha value is -1.84. The van der Waals surface area contributed by atoms with E-state index in [1.807, 2.05) is 24.3 Å². The number of aliphatic carboxylic acids is 1. The van der Waals surface area contributed by atoms with Gasteiger partial charge in [0, 0.05) is 12.5 Å². The van der Waals surface area contributed by atoms with Gasteiger partial charge in [0.25, 0.3) is 0 Å². The van der Waals surface area contributed by atoms with Crippen molar-refractivity contribution in [3.63, 3.8) is 0 Å². The van der Waals surface area contributed by atoms with Gasteiger partial charge >= 0.3 is 5.97 Å². The maximum absolute atomic E-state index is 13.1. The zero-order valence-electron chi connectivity index (χ0n) is 13.0. The Morgan fingerprint density at radius 1 is 1.09 bits per heavy atom. The number of amides is 1. The molecule has 4 heteroatoms. The maximum atomic E-state index is 13.1. The van der Waals surface area contributed by atoms with Crippen LogP contribution in [0, 0.1) is 29.6 Å². The van der Waals surface area contributed by atoms with E-state index in [9.17, 15) is 14.7 Å². The number of carbonyl (C=O) groups excluding carboxylic acids is 1. The van der Waals surface area contributed by atoms with Gasteiger partial charge in [-0.05, 0) is 60.5 Å². The molecule has 1 heterocycles. The number of carboxylic acids is 1. The molecule has 1 aromatic rings. The van der Waals surface area contributed by atoms with Crippen LogP contribution in [0.5, 0.6) is 0 Å². The van der Waals surface area contributed by atoms with Gasteiger partial charge in [-0.25, -0.2) is 4.79 Å². The van der Waals surface area contributed by atoms with Gasteiger partial charge < -0.3 is 10.0 Å². The number of carboxylic acid groups (broad SMARTS) is 1. The number of fused-ring (bicyclic) bond motifs is 6. The molecule has 1 aromatic carbocycles. The van der Waals surface area contributed by atoms with E-state index >= 15 is 0 Å². The lowest BCUT2D eigenvalue weighted by Gasteiger charge is -2.35. The minimum Gasteiger partial charge on any atom is -0.479 e. The molecule has 1 amide bonds. The fraction of sp³-hybridized carbons (Fsp3) is 0.579. The van der Waals surface area contributed by atoms with Crippen LogP contribution in [0.25, 0.3) is 0 Å². The van der Waals surface area contributed by atoms with Crippen molar-refractivity contribution in [1.82, 2.24) is 4.90 Å². The molecule has 3 aliphatic carbocycles. The molecule has 1 unspecified atom stereocenters. The van der Waals surface area contributed by atoms with E-state index in [4.69, 9.17) is 0 Å². The standard InChI is InChI=1S/C19H21NO3/c21-18(16-14-11-5-6-12(9-11)15(14)16)20-8-7-10-3-1-2-4-13(10)17(20)19(22)23/h1-4,11-12,14-17H,5-9H2,(H,22,23)/t11-,12-,14-,15+,16?,17+/m0/s1. The van der Waals surface area contributed by atoms with Gasteiger partial charge in [-0.15, -0.1) is 0 Å². The molecule has 3 saturated carbocycles. The second kappa shape index (κ2) is 4.59. The molecule has 0 radical (unpaired) electrons. The monoisotopic (exact) mass is 311 g/mol. The Labute approximate surface area is 135 Å². The Bertz CT molecular complexity index is 684. The zero-order chi connectivity index (χ0) is 15.7. The molecule has 0 aromatic heterocycles. The summed E-state index contributed by atoms with van der Waals surface area (Å²) >= 11 is 0. The average molecular weight is 311 g/mol. The third-order valence-electron chi connectivity index (χ3n) is 6.82. The smallest absolute Gasteiger partial charge is 0.331 e. The minimum absolute atomic E-state index is 0.110. The summed E-state index contributed by atoms with van der Waals surface area (Å²) in [5.74, 6) is 1.92. The second-order valence-electron chi connectivity index (χ2n) is 7.73. The Morgan fingerprint density at radius 2 is 1.78 bits per heavy atom. The first-order chi connectivity index (χ1) is 11.2. The van der Waals surface area contributed by atoms with E-state index < -0.39 is 12.0 Å². The SMILES string of the molecule is O=C(O)[C@H]1c2ccccc2CCN1C(=O)C1[C@@H]2[C@H]3CC[C@@H](C3)[C@H]12. The van der Waals surface area contributed by atoms with Gasteiger partial charge in [0.05, 0.1) is 0 Å². The van der Waals surface area contributed by atoms with Crippen LogP contribution < -0.4 is 0 Å². The first-order valence-corrected chi connectivity index (χ1v) is 8.78. The van der Waals surface area contributed by atoms with Crippen molar-refractivity contribution in [2.45, 2.75) is 31.7 Å². The third-order valence-corrected chi connectivity index (χ3v) is 6.82. The molecule has 2 bridgehead atoms. The molecule has 4 aliphatic rings. The van der Waals surface area contributed by atoms with E-state index in [-0.39, 0.29) is 11.8 Å². The van der Waals surface area contributed by atoms with E-state index in [0.29, 0.717) is 18.4 Å². The second-order valence-corrected chi connectivity index (χ2v) is 7.73. The quantitative estimate of drug-likeness (QED) is 0.913. The summed E-state index contributed by atoms with van der Waals surface area (Å²) in [5.41, 5.74) is 1.87. The summed E-state index contributed by atoms with van der Waals surface area (Å²) in [6.45, 7) is 0.540. The van der Waals surface area contributed by atoms with E-state index in [1.165, 1.54) is 19.3 Å². The van der Waals surface area contributed by atoms with Crippen LogP contribution >= 0.6 is 0 Å². The van der Waals surface area contributed by atoms with Crippen LogP contribution in [0.4, 0.5) is 0 Å². The molecule has 4 nitrogen and oxygen atoms in total. The molecule has 0 spiro atoms. The average Bonchev–Trinajstić information content (AvgIpc) is 2.99. The van der Waals surface area contributed by atoms with Crippen LogP contribution in [0.15, 0.2) is 24.3 Å². The van der Waals surface area contributed by atoms with Crippen molar-refractivity contribution in [2.24, 2.45) is 29.6 Å². The van der Waals surface area contributed by atoms with Crippen molar-refractivity contribution in [3.05, 3.63) is 35.4 Å². The summed E-state index contributed by atoms with van der Waals surface area (Å²) in [6, 6.07) is 6.86. The summed E-state index contributed by atoms with van der Waals surface area (Å²) in [7, 11) is 0. The lowest BCUT2D eigenvalue weighted by atomic mass is 9.91. The highest BCUT2D eigenvalue weighted by Crippen LogP contribution is 2.69. The van der Waals surface area contributed by atoms with Gasteiger partial charge in [0.15, 0.2) is 6.04 Å². The zero-order valence-corrected chi connectivity index (χ0v) is 13.0. The third kappa shape index (κ3) is 1.78. The van der Waals surface area contributed by atoms with Crippen molar-refractivity contribution in [3.8, 4) is 0 Å². The molecule has 1 aliphatic heterocycles. The van der Waals surface area contributed by atoms with Gasteiger partial charge in [-0.1, -0.05) is 24.3 Å². The summed E-state index contributed by atoms with van der Waals surface area (Å²) in [4.78, 5) is 26.6. The molecule has 120 valence electrons. The predicted octanol–water partition coefficient (Wildman–Crippen LogP) is 2.49. The summed E-state index contributed by atoms with van der Waals surface area (Å²) in [6.07, 6.45) is 4.63. The highest BCUT2D eigenvalue weighted by Gasteiger charge is 2.68. The van der Waals surface area contributed by atoms with Crippen molar-refractivity contribution in [1.29, 1.82) is 0 Å². The normalized spacial score (nSPS) is 39.7. The van der Waals surface area contributed by atoms with Gasteiger partial charge in [0.2, 0.25) is 5.91 Å². The van der Waals surface area contributed by atoms with Crippen LogP contribution in [0.3, 0.4) is 0 Å². The molecular weight excluding hydrogens is 290 g/mol. The van der Waals surface area contributed by atoms with E-state index in [1.54, 1.807) is 4.90 Å². The first-order valence-electron chi connectivity index (χ1n) is 8.78. The van der Waals surface area contributed by atoms with Crippen LogP contribution in [0.2, 0.25) is 0 Å². The highest BCUT2D eigenvalue weighted by molar-refractivity contribution is 5.89. The first kappa shape index (κ1) is 13.6. The van der Waals surface area contributed by atoms with Gasteiger partial charge in [0.1, 0.15) is 0 Å². The number of hydrogen-bond acceptors (Lipinski definition) is 2. The lowest BCUT2D eigenvalue weighted by molar-refractivity contribution is -0.152. The number of rotatable bonds is 2. The van der Waals surface area contributed by atoms with Gasteiger partial charge in [-0.3, -0.25) is 4.79 Å². The van der Waals surface area contributed by atoms with E-state index in [0.717, 1.165) is 29.4 Å². The molecule has 3 fully saturated rings. The number of benzene rings is 1. The lowest BCUT2D eigenvalue weighted by Crippen LogP contribution is -2.45. The number of carbonyl (C=O) groups is 2. The van der Waals surface area contributed by atoms with Gasteiger partial charge in [-0.2, -0.15) is 0 Å². The molecule has 23 heavy (non-hydrogen) atoms. The Morgan fingerprint density at radius 3 is 2.48 bits per heavy atom. The highest BCUT2D eigenvalue weighted by atomic mass is 16.4. The van der Waals surface area contributed by atoms with Crippen LogP contribution in [-0.2, 0) is 16.0 Å². The van der Waals surface area contributed by atoms with Crippen molar-refractivity contribution < 1.29 is 14.7 Å². The predicted molar refractivity (Wildman–Crippen MR) is 83.5 cm³/mol. The van der Waals surface area contributed by atoms with Crippen molar-refractivity contribution >= 4 is 11.9 Å². The number of nitrogens with zero attached hydrogens (tertiary/aromatic N) is 1. The fourth-order valence-corrected chi connectivity index (χ4v) is 5.92. The molecule has 5 rings (SSSR count). The molecular formula is C19H21NO3. The fourth-order valence-electron chi connectivity index (χ4n) is 5.92. The van der Waals surface area contributed by atoms with E-state index in [2.05, 4.69) is 0 Å². The molecule has 0 saturated heterocycles. The molecule has 1 N–H and O–H groups in total. The topological polar surface area (TPSA) is 57.6 Å². The minimum atomic E-state index is -0.903. The summed E-state index contributed by atoms with van der Waals surface area (Å²) in [5, 5.41) is 9.73. The summed E-state index contributed by atoms with van der Waals surface area (Å²) < 4.78 is 0. The largest absolute Gasteiger partial charge is 0.479 e. The van der Waals surface area contributed by atoms with Crippen LogP contribution in [-0.4, -0.2) is 28.4 Å². The Kier molecular flexibility index (Phi) is 2.71.